The fraction of sp³-hybridized carbons (Fsp3) is 0.538. The molecule has 2 rings (SSSR count). The maximum atomic E-state index is 12.2. The molecule has 1 saturated heterocycles. The first-order valence-electron chi connectivity index (χ1n) is 11.4. The molecular formula is C26H36O8. The number of carbonyl (C=O) groups is 2. The highest BCUT2D eigenvalue weighted by atomic mass is 16.7. The van der Waals surface area contributed by atoms with Crippen LogP contribution in [0.25, 0.3) is 0 Å². The minimum absolute atomic E-state index is 0.170. The molecule has 188 valence electrons. The number of aliphatic hydroxyl groups excluding tert-OH is 3. The van der Waals surface area contributed by atoms with Gasteiger partial charge in [-0.25, -0.2) is 9.59 Å². The largest absolute Gasteiger partial charge is 0.479 e. The van der Waals surface area contributed by atoms with Crippen molar-refractivity contribution < 1.29 is 39.5 Å². The first kappa shape index (κ1) is 27.7. The average Bonchev–Trinajstić information content (AvgIpc) is 2.73. The molecule has 5 atom stereocenters. The molecule has 0 radical (unpaired) electrons. The zero-order valence-electron chi connectivity index (χ0n) is 20.4. The lowest BCUT2D eigenvalue weighted by molar-refractivity contribution is -0.284. The quantitative estimate of drug-likeness (QED) is 0.250. The number of hydrogen-bond acceptors (Lipinski definition) is 7. The Bertz CT molecular complexity index is 921. The molecule has 0 spiro atoms. The zero-order chi connectivity index (χ0) is 25.6. The van der Waals surface area contributed by atoms with Gasteiger partial charge >= 0.3 is 11.9 Å². The normalized spacial score (nSPS) is 30.8. The second-order valence-electron chi connectivity index (χ2n) is 9.59. The van der Waals surface area contributed by atoms with Crippen molar-refractivity contribution in [3.8, 4) is 0 Å². The van der Waals surface area contributed by atoms with Crippen LogP contribution in [0.4, 0.5) is 0 Å². The van der Waals surface area contributed by atoms with Gasteiger partial charge in [-0.3, -0.25) is 0 Å². The fourth-order valence-electron chi connectivity index (χ4n) is 4.16. The molecule has 0 bridgehead atoms. The molecule has 1 heterocycles. The summed E-state index contributed by atoms with van der Waals surface area (Å²) in [6.07, 6.45) is 5.29. The van der Waals surface area contributed by atoms with Gasteiger partial charge in [0.05, 0.1) is 0 Å². The van der Waals surface area contributed by atoms with Gasteiger partial charge in [0.1, 0.15) is 18.3 Å². The Morgan fingerprint density at radius 1 is 1.06 bits per heavy atom. The highest BCUT2D eigenvalue weighted by Gasteiger charge is 2.48. The molecule has 2 aliphatic rings. The average molecular weight is 477 g/mol. The van der Waals surface area contributed by atoms with Crippen LogP contribution in [-0.4, -0.2) is 63.1 Å². The number of carboxylic acids is 1. The molecule has 0 saturated carbocycles. The molecular weight excluding hydrogens is 440 g/mol. The minimum atomic E-state index is -1.85. The van der Waals surface area contributed by atoms with Crippen LogP contribution in [0, 0.1) is 5.41 Å². The van der Waals surface area contributed by atoms with Crippen LogP contribution in [0.5, 0.6) is 0 Å². The lowest BCUT2D eigenvalue weighted by atomic mass is 9.72. The topological polar surface area (TPSA) is 134 Å². The van der Waals surface area contributed by atoms with Gasteiger partial charge in [0, 0.05) is 6.08 Å². The molecule has 1 unspecified atom stereocenters. The highest BCUT2D eigenvalue weighted by Crippen LogP contribution is 2.40. The van der Waals surface area contributed by atoms with Crippen molar-refractivity contribution in [1.82, 2.24) is 0 Å². The van der Waals surface area contributed by atoms with Crippen LogP contribution >= 0.6 is 0 Å². The lowest BCUT2D eigenvalue weighted by Crippen LogP contribution is -2.60. The van der Waals surface area contributed by atoms with Gasteiger partial charge in [0.25, 0.3) is 0 Å². The highest BCUT2D eigenvalue weighted by molar-refractivity contribution is 5.83. The Balaban J connectivity index is 1.98. The van der Waals surface area contributed by atoms with Crippen molar-refractivity contribution in [3.63, 3.8) is 0 Å². The van der Waals surface area contributed by atoms with E-state index in [1.54, 1.807) is 19.1 Å². The summed E-state index contributed by atoms with van der Waals surface area (Å²) >= 11 is 0. The van der Waals surface area contributed by atoms with Crippen molar-refractivity contribution in [2.45, 2.75) is 84.6 Å². The van der Waals surface area contributed by atoms with E-state index in [1.807, 2.05) is 13.0 Å². The van der Waals surface area contributed by atoms with E-state index >= 15 is 0 Å². The van der Waals surface area contributed by atoms with E-state index in [-0.39, 0.29) is 5.41 Å². The number of rotatable bonds is 7. The van der Waals surface area contributed by atoms with E-state index in [0.29, 0.717) is 5.57 Å². The number of aliphatic hydroxyl groups is 3. The van der Waals surface area contributed by atoms with Crippen LogP contribution in [0.15, 0.2) is 58.7 Å². The van der Waals surface area contributed by atoms with Gasteiger partial charge in [-0.05, 0) is 56.6 Å². The van der Waals surface area contributed by atoms with E-state index in [4.69, 9.17) is 14.6 Å². The number of ether oxygens (including phenoxy) is 2. The molecule has 34 heavy (non-hydrogen) atoms. The Morgan fingerprint density at radius 2 is 1.74 bits per heavy atom. The summed E-state index contributed by atoms with van der Waals surface area (Å²) in [5.74, 6) is -2.44. The molecule has 4 N–H and O–H groups in total. The van der Waals surface area contributed by atoms with Gasteiger partial charge in [-0.15, -0.1) is 0 Å². The number of esters is 1. The molecule has 1 fully saturated rings. The molecule has 0 amide bonds. The Morgan fingerprint density at radius 3 is 2.35 bits per heavy atom. The summed E-state index contributed by atoms with van der Waals surface area (Å²) in [6, 6.07) is 0. The Hall–Kier alpha value is -2.52. The van der Waals surface area contributed by atoms with E-state index in [1.165, 1.54) is 24.0 Å². The second kappa shape index (κ2) is 11.8. The lowest BCUT2D eigenvalue weighted by Gasteiger charge is -2.37. The summed E-state index contributed by atoms with van der Waals surface area (Å²) in [4.78, 5) is 23.3. The molecule has 0 aromatic heterocycles. The van der Waals surface area contributed by atoms with Crippen molar-refractivity contribution in [3.05, 3.63) is 58.7 Å². The van der Waals surface area contributed by atoms with Gasteiger partial charge in [-0.1, -0.05) is 55.4 Å². The number of carboxylic acid groups (broad SMARTS) is 1. The Labute approximate surface area is 200 Å². The zero-order valence-corrected chi connectivity index (χ0v) is 20.4. The fourth-order valence-corrected chi connectivity index (χ4v) is 4.16. The maximum absolute atomic E-state index is 12.2. The second-order valence-corrected chi connectivity index (χ2v) is 9.59. The number of aliphatic carboxylic acids is 1. The van der Waals surface area contributed by atoms with E-state index in [9.17, 15) is 24.9 Å². The van der Waals surface area contributed by atoms with Crippen LogP contribution in [0.3, 0.4) is 0 Å². The number of carbonyl (C=O) groups excluding carboxylic acids is 1. The summed E-state index contributed by atoms with van der Waals surface area (Å²) in [5.41, 5.74) is 4.56. The smallest absolute Gasteiger partial charge is 0.335 e. The molecule has 0 aromatic carbocycles. The molecule has 8 nitrogen and oxygen atoms in total. The van der Waals surface area contributed by atoms with Crippen molar-refractivity contribution >= 4 is 11.9 Å². The van der Waals surface area contributed by atoms with E-state index in [0.717, 1.165) is 18.1 Å². The number of hydrogen-bond donors (Lipinski definition) is 4. The SMILES string of the molecule is CC1=C(/C=C/C(C)=C/C=C/C(C)=C\C(=O)OC2O[C@H](C(=O)O)[C@@H](O)[C@H](O)[C@H]2O)C(C)(C)CCC1. The van der Waals surface area contributed by atoms with Crippen LogP contribution < -0.4 is 0 Å². The monoisotopic (exact) mass is 476 g/mol. The summed E-state index contributed by atoms with van der Waals surface area (Å²) in [5, 5.41) is 38.5. The molecule has 8 heteroatoms. The van der Waals surface area contributed by atoms with Crippen LogP contribution in [0.1, 0.15) is 53.9 Å². The standard InChI is InChI=1S/C26H36O8/c1-15(11-12-18-17(3)10-7-13-26(18,4)5)8-6-9-16(2)14-19(27)33-25-22(30)20(28)21(29)23(34-25)24(31)32/h6,8-9,11-12,14,20-23,25,28-30H,7,10,13H2,1-5H3,(H,31,32)/b9-6+,12-11+,15-8+,16-14-/t20-,21-,22+,23-,25?/m0/s1. The predicted octanol–water partition coefficient (Wildman–Crippen LogP) is 2.95. The summed E-state index contributed by atoms with van der Waals surface area (Å²) < 4.78 is 9.88. The first-order chi connectivity index (χ1) is 15.8. The van der Waals surface area contributed by atoms with E-state index in [2.05, 4.69) is 32.9 Å². The van der Waals surface area contributed by atoms with Gasteiger partial charge in [0.15, 0.2) is 6.10 Å². The molecule has 0 aromatic rings. The maximum Gasteiger partial charge on any atom is 0.335 e. The number of allylic oxidation sites excluding steroid dienone is 9. The first-order valence-corrected chi connectivity index (χ1v) is 11.4. The van der Waals surface area contributed by atoms with Gasteiger partial charge in [-0.2, -0.15) is 0 Å². The van der Waals surface area contributed by atoms with Crippen molar-refractivity contribution in [2.75, 3.05) is 0 Å². The van der Waals surface area contributed by atoms with E-state index < -0.39 is 42.6 Å². The summed E-state index contributed by atoms with van der Waals surface area (Å²) in [7, 11) is 0. The van der Waals surface area contributed by atoms with Crippen molar-refractivity contribution in [1.29, 1.82) is 0 Å². The van der Waals surface area contributed by atoms with Crippen LogP contribution in [-0.2, 0) is 19.1 Å². The third kappa shape index (κ3) is 7.24. The molecule has 1 aliphatic heterocycles. The Kier molecular flexibility index (Phi) is 9.58. The van der Waals surface area contributed by atoms with Crippen molar-refractivity contribution in [2.24, 2.45) is 5.41 Å². The molecule has 1 aliphatic carbocycles. The van der Waals surface area contributed by atoms with Gasteiger partial charge < -0.3 is 29.9 Å². The van der Waals surface area contributed by atoms with Gasteiger partial charge in [0.2, 0.25) is 6.29 Å². The third-order valence-electron chi connectivity index (χ3n) is 6.16. The minimum Gasteiger partial charge on any atom is -0.479 e. The predicted molar refractivity (Wildman–Crippen MR) is 127 cm³/mol. The summed E-state index contributed by atoms with van der Waals surface area (Å²) in [6.45, 7) is 10.4. The third-order valence-corrected chi connectivity index (χ3v) is 6.16. The van der Waals surface area contributed by atoms with Crippen LogP contribution in [0.2, 0.25) is 0 Å².